The molecule has 0 fully saturated rings. The van der Waals surface area contributed by atoms with Crippen molar-refractivity contribution in [3.05, 3.63) is 90.0 Å². The average Bonchev–Trinajstić information content (AvgIpc) is 2.62. The summed E-state index contributed by atoms with van der Waals surface area (Å²) in [7, 11) is 0. The molecule has 1 N–H and O–H groups in total. The van der Waals surface area contributed by atoms with Crippen LogP contribution in [0.1, 0.15) is 15.9 Å². The molecule has 3 aromatic carbocycles. The maximum Gasteiger partial charge on any atom is 0.416 e. The smallest absolute Gasteiger partial charge is 0.355 e. The molecule has 6 heteroatoms. The van der Waals surface area contributed by atoms with Gasteiger partial charge in [0, 0.05) is 10.6 Å². The zero-order chi connectivity index (χ0) is 18.6. The number of rotatable bonds is 4. The van der Waals surface area contributed by atoms with Crippen molar-refractivity contribution in [1.29, 1.82) is 0 Å². The number of alkyl halides is 3. The van der Waals surface area contributed by atoms with Gasteiger partial charge in [0.25, 0.3) is 0 Å². The minimum atomic E-state index is -4.42. The van der Waals surface area contributed by atoms with Crippen LogP contribution in [-0.4, -0.2) is 5.12 Å². The van der Waals surface area contributed by atoms with Crippen molar-refractivity contribution < 1.29 is 18.0 Å². The van der Waals surface area contributed by atoms with Crippen LogP contribution in [-0.2, 0) is 6.18 Å². The summed E-state index contributed by atoms with van der Waals surface area (Å²) in [6.45, 7) is 0. The summed E-state index contributed by atoms with van der Waals surface area (Å²) in [5.41, 5.74) is 0.383. The average molecular weight is 373 g/mol. The van der Waals surface area contributed by atoms with E-state index in [0.29, 0.717) is 11.3 Å². The van der Waals surface area contributed by atoms with Crippen molar-refractivity contribution in [2.45, 2.75) is 11.1 Å². The van der Waals surface area contributed by atoms with Crippen LogP contribution < -0.4 is 5.32 Å². The van der Waals surface area contributed by atoms with E-state index in [1.165, 1.54) is 12.1 Å². The van der Waals surface area contributed by atoms with Crippen LogP contribution in [0.25, 0.3) is 0 Å². The van der Waals surface area contributed by atoms with E-state index in [-0.39, 0.29) is 10.8 Å². The van der Waals surface area contributed by atoms with Crippen LogP contribution in [0.5, 0.6) is 0 Å². The SMILES string of the molecule is O=C(Sc1ccccc1)c1ccccc1Nc1cccc(C(F)(F)F)c1. The number of carbonyl (C=O) groups is 1. The fourth-order valence-corrected chi connectivity index (χ4v) is 3.14. The van der Waals surface area contributed by atoms with Crippen LogP contribution in [0.4, 0.5) is 24.5 Å². The second-order valence-electron chi connectivity index (χ2n) is 5.45. The standard InChI is InChI=1S/C20H14F3NOS/c21-20(22,23)14-7-6-8-15(13-14)24-18-12-5-4-11-17(18)19(25)26-16-9-2-1-3-10-16/h1-13,24H. The first-order valence-electron chi connectivity index (χ1n) is 7.74. The Morgan fingerprint density at radius 2 is 1.54 bits per heavy atom. The van der Waals surface area contributed by atoms with Gasteiger partial charge < -0.3 is 5.32 Å². The molecule has 2 nitrogen and oxygen atoms in total. The molecular formula is C20H14F3NOS. The largest absolute Gasteiger partial charge is 0.416 e. The molecule has 0 atom stereocenters. The van der Waals surface area contributed by atoms with Gasteiger partial charge in [0.05, 0.1) is 16.8 Å². The highest BCUT2D eigenvalue weighted by atomic mass is 32.2. The lowest BCUT2D eigenvalue weighted by atomic mass is 10.1. The van der Waals surface area contributed by atoms with Gasteiger partial charge in [-0.15, -0.1) is 0 Å². The van der Waals surface area contributed by atoms with Gasteiger partial charge in [-0.3, -0.25) is 4.79 Å². The number of hydrogen-bond donors (Lipinski definition) is 1. The van der Waals surface area contributed by atoms with Crippen LogP contribution in [0, 0.1) is 0 Å². The Morgan fingerprint density at radius 3 is 2.27 bits per heavy atom. The first-order chi connectivity index (χ1) is 12.4. The van der Waals surface area contributed by atoms with Gasteiger partial charge in [0.15, 0.2) is 0 Å². The molecule has 0 aliphatic carbocycles. The summed E-state index contributed by atoms with van der Waals surface area (Å²) in [4.78, 5) is 13.4. The van der Waals surface area contributed by atoms with E-state index in [2.05, 4.69) is 5.32 Å². The first kappa shape index (κ1) is 18.1. The van der Waals surface area contributed by atoms with E-state index in [4.69, 9.17) is 0 Å². The molecule has 0 heterocycles. The Labute approximate surface area is 153 Å². The summed E-state index contributed by atoms with van der Waals surface area (Å²) < 4.78 is 38.6. The Balaban J connectivity index is 1.85. The summed E-state index contributed by atoms with van der Waals surface area (Å²) >= 11 is 1.07. The lowest BCUT2D eigenvalue weighted by Crippen LogP contribution is -2.06. The van der Waals surface area contributed by atoms with E-state index < -0.39 is 11.7 Å². The number of para-hydroxylation sites is 1. The third-order valence-electron chi connectivity index (χ3n) is 3.57. The van der Waals surface area contributed by atoms with Crippen LogP contribution in [0.2, 0.25) is 0 Å². The molecular weight excluding hydrogens is 359 g/mol. The Kier molecular flexibility index (Phi) is 5.32. The van der Waals surface area contributed by atoms with Crippen LogP contribution in [0.15, 0.2) is 83.8 Å². The lowest BCUT2D eigenvalue weighted by Gasteiger charge is -2.13. The number of nitrogens with one attached hydrogen (secondary N) is 1. The molecule has 0 saturated heterocycles. The third-order valence-corrected chi connectivity index (χ3v) is 4.48. The Bertz CT molecular complexity index is 910. The molecule has 3 rings (SSSR count). The number of carbonyl (C=O) groups excluding carboxylic acids is 1. The molecule has 0 unspecified atom stereocenters. The van der Waals surface area contributed by atoms with E-state index >= 15 is 0 Å². The van der Waals surface area contributed by atoms with Gasteiger partial charge >= 0.3 is 6.18 Å². The van der Waals surface area contributed by atoms with Crippen molar-refractivity contribution >= 4 is 28.3 Å². The van der Waals surface area contributed by atoms with Crippen molar-refractivity contribution in [3.8, 4) is 0 Å². The molecule has 0 saturated carbocycles. The molecule has 26 heavy (non-hydrogen) atoms. The first-order valence-corrected chi connectivity index (χ1v) is 8.56. The highest BCUT2D eigenvalue weighted by molar-refractivity contribution is 8.14. The predicted molar refractivity (Wildman–Crippen MR) is 97.8 cm³/mol. The molecule has 0 spiro atoms. The normalized spacial score (nSPS) is 11.2. The van der Waals surface area contributed by atoms with Crippen molar-refractivity contribution in [1.82, 2.24) is 0 Å². The molecule has 0 amide bonds. The fourth-order valence-electron chi connectivity index (χ4n) is 2.35. The summed E-state index contributed by atoms with van der Waals surface area (Å²) in [5, 5.41) is 2.73. The van der Waals surface area contributed by atoms with Crippen molar-refractivity contribution in [2.24, 2.45) is 0 Å². The van der Waals surface area contributed by atoms with E-state index in [1.807, 2.05) is 30.3 Å². The minimum Gasteiger partial charge on any atom is -0.355 e. The fraction of sp³-hybridized carbons (Fsp3) is 0.0500. The quantitative estimate of drug-likeness (QED) is 0.538. The monoisotopic (exact) mass is 373 g/mol. The zero-order valence-corrected chi connectivity index (χ0v) is 14.3. The number of thioether (sulfide) groups is 1. The third kappa shape index (κ3) is 4.46. The highest BCUT2D eigenvalue weighted by Gasteiger charge is 2.30. The second kappa shape index (κ2) is 7.66. The molecule has 0 aromatic heterocycles. The molecule has 0 aliphatic rings. The molecule has 0 bridgehead atoms. The number of halogens is 3. The van der Waals surface area contributed by atoms with Crippen LogP contribution in [0.3, 0.4) is 0 Å². The number of benzene rings is 3. The van der Waals surface area contributed by atoms with E-state index in [9.17, 15) is 18.0 Å². The predicted octanol–water partition coefficient (Wildman–Crippen LogP) is 6.38. The highest BCUT2D eigenvalue weighted by Crippen LogP contribution is 2.33. The molecule has 0 radical (unpaired) electrons. The summed E-state index contributed by atoms with van der Waals surface area (Å²) in [6.07, 6.45) is -4.42. The van der Waals surface area contributed by atoms with Gasteiger partial charge in [0.2, 0.25) is 5.12 Å². The van der Waals surface area contributed by atoms with Crippen molar-refractivity contribution in [3.63, 3.8) is 0 Å². The number of hydrogen-bond acceptors (Lipinski definition) is 3. The Hall–Kier alpha value is -2.73. The topological polar surface area (TPSA) is 29.1 Å². The van der Waals surface area contributed by atoms with Gasteiger partial charge in [-0.05, 0) is 54.2 Å². The van der Waals surface area contributed by atoms with Crippen molar-refractivity contribution in [2.75, 3.05) is 5.32 Å². The minimum absolute atomic E-state index is 0.189. The molecule has 0 aliphatic heterocycles. The lowest BCUT2D eigenvalue weighted by molar-refractivity contribution is -0.137. The summed E-state index contributed by atoms with van der Waals surface area (Å²) in [5.74, 6) is 0. The maximum atomic E-state index is 12.9. The second-order valence-corrected chi connectivity index (χ2v) is 6.50. The molecule has 132 valence electrons. The van der Waals surface area contributed by atoms with Gasteiger partial charge in [-0.2, -0.15) is 13.2 Å². The molecule has 3 aromatic rings. The van der Waals surface area contributed by atoms with Gasteiger partial charge in [-0.1, -0.05) is 36.4 Å². The van der Waals surface area contributed by atoms with E-state index in [1.54, 1.807) is 24.3 Å². The van der Waals surface area contributed by atoms with Gasteiger partial charge in [-0.25, -0.2) is 0 Å². The Morgan fingerprint density at radius 1 is 0.846 bits per heavy atom. The number of anilines is 2. The summed E-state index contributed by atoms with van der Waals surface area (Å²) in [6, 6.07) is 20.8. The van der Waals surface area contributed by atoms with Crippen LogP contribution >= 0.6 is 11.8 Å². The van der Waals surface area contributed by atoms with Gasteiger partial charge in [0.1, 0.15) is 0 Å². The maximum absolute atomic E-state index is 12.9. The van der Waals surface area contributed by atoms with E-state index in [0.717, 1.165) is 28.8 Å². The zero-order valence-electron chi connectivity index (χ0n) is 13.5.